The van der Waals surface area contributed by atoms with Gasteiger partial charge in [0.15, 0.2) is 0 Å². The number of hydrogen-bond donors (Lipinski definition) is 3. The van der Waals surface area contributed by atoms with Crippen molar-refractivity contribution in [2.75, 3.05) is 25.1 Å². The van der Waals surface area contributed by atoms with E-state index in [1.165, 1.54) is 25.3 Å². The van der Waals surface area contributed by atoms with Gasteiger partial charge in [0.1, 0.15) is 5.75 Å². The van der Waals surface area contributed by atoms with E-state index < -0.39 is 5.97 Å². The third-order valence-electron chi connectivity index (χ3n) is 5.57. The average Bonchev–Trinajstić information content (AvgIpc) is 2.86. The lowest BCUT2D eigenvalue weighted by molar-refractivity contribution is -0.136. The Kier molecular flexibility index (Phi) is 13.0. The van der Waals surface area contributed by atoms with Crippen molar-refractivity contribution in [3.05, 3.63) is 53.8 Å². The van der Waals surface area contributed by atoms with Crippen LogP contribution in [0.3, 0.4) is 0 Å². The van der Waals surface area contributed by atoms with Crippen LogP contribution in [0, 0.1) is 0 Å². The molecule has 0 spiro atoms. The van der Waals surface area contributed by atoms with Gasteiger partial charge in [0, 0.05) is 17.8 Å². The highest BCUT2D eigenvalue weighted by molar-refractivity contribution is 5.91. The molecule has 0 aromatic heterocycles. The van der Waals surface area contributed by atoms with Crippen LogP contribution in [-0.2, 0) is 9.53 Å². The Morgan fingerprint density at radius 1 is 0.944 bits per heavy atom. The van der Waals surface area contributed by atoms with Gasteiger partial charge in [-0.05, 0) is 55.2 Å². The molecule has 2 rings (SSSR count). The predicted octanol–water partition coefficient (Wildman–Crippen LogP) is 7.09. The molecular formula is C29H40N2O5. The van der Waals surface area contributed by atoms with Crippen molar-refractivity contribution < 1.29 is 24.2 Å². The number of carboxylic acids is 1. The number of ether oxygens (including phenoxy) is 2. The predicted molar refractivity (Wildman–Crippen MR) is 145 cm³/mol. The van der Waals surface area contributed by atoms with E-state index in [1.807, 2.05) is 42.5 Å². The van der Waals surface area contributed by atoms with E-state index in [9.17, 15) is 14.7 Å². The summed E-state index contributed by atoms with van der Waals surface area (Å²) < 4.78 is 11.3. The van der Waals surface area contributed by atoms with Gasteiger partial charge in [0.2, 0.25) is 5.76 Å². The molecule has 0 aliphatic heterocycles. The molecule has 2 aromatic rings. The third kappa shape index (κ3) is 10.0. The summed E-state index contributed by atoms with van der Waals surface area (Å²) in [5, 5.41) is 15.2. The van der Waals surface area contributed by atoms with E-state index in [2.05, 4.69) is 24.5 Å². The molecule has 0 heterocycles. The van der Waals surface area contributed by atoms with Crippen molar-refractivity contribution in [1.29, 1.82) is 0 Å². The first-order chi connectivity index (χ1) is 17.5. The first-order valence-electron chi connectivity index (χ1n) is 13.0. The zero-order chi connectivity index (χ0) is 26.2. The maximum Gasteiger partial charge on any atom is 0.371 e. The fourth-order valence-corrected chi connectivity index (χ4v) is 3.66. The number of carboxylic acid groups (broad SMARTS) is 1. The molecule has 0 aliphatic carbocycles. The molecule has 196 valence electrons. The standard InChI is InChI=1S/C29H40N2O5/c1-4-7-9-10-11-17-30-29(34)31-24-14-12-13-23(21-24)25-16-15-22(19-26(25)36-18-8-5-2)20-27(28(32)33)35-6-3/h12-16,19-21H,4-11,17-18H2,1-3H3,(H,32,33)(H2,30,31,34)/b27-20-. The summed E-state index contributed by atoms with van der Waals surface area (Å²) in [6, 6.07) is 12.9. The van der Waals surface area contributed by atoms with Crippen molar-refractivity contribution in [2.24, 2.45) is 0 Å². The first kappa shape index (κ1) is 28.8. The summed E-state index contributed by atoms with van der Waals surface area (Å²) in [6.45, 7) is 7.49. The number of nitrogens with one attached hydrogen (secondary N) is 2. The minimum Gasteiger partial charge on any atom is -0.493 e. The topological polar surface area (TPSA) is 96.9 Å². The Bertz CT molecular complexity index is 1000. The number of carbonyl (C=O) groups is 2. The van der Waals surface area contributed by atoms with Crippen LogP contribution in [0.5, 0.6) is 5.75 Å². The third-order valence-corrected chi connectivity index (χ3v) is 5.57. The summed E-state index contributed by atoms with van der Waals surface area (Å²) in [4.78, 5) is 23.8. The highest BCUT2D eigenvalue weighted by atomic mass is 16.5. The Morgan fingerprint density at radius 3 is 2.44 bits per heavy atom. The normalized spacial score (nSPS) is 11.1. The van der Waals surface area contributed by atoms with Gasteiger partial charge < -0.3 is 25.2 Å². The van der Waals surface area contributed by atoms with Crippen LogP contribution in [0.2, 0.25) is 0 Å². The van der Waals surface area contributed by atoms with E-state index >= 15 is 0 Å². The number of hydrogen-bond acceptors (Lipinski definition) is 4. The summed E-state index contributed by atoms with van der Waals surface area (Å²) in [6.07, 6.45) is 9.11. The van der Waals surface area contributed by atoms with E-state index in [0.29, 0.717) is 30.2 Å². The van der Waals surface area contributed by atoms with Gasteiger partial charge >= 0.3 is 12.0 Å². The molecule has 0 fully saturated rings. The number of rotatable bonds is 16. The Balaban J connectivity index is 2.18. The van der Waals surface area contributed by atoms with E-state index in [1.54, 1.807) is 6.92 Å². The van der Waals surface area contributed by atoms with E-state index in [-0.39, 0.29) is 18.4 Å². The highest BCUT2D eigenvalue weighted by Gasteiger charge is 2.12. The van der Waals surface area contributed by atoms with Crippen molar-refractivity contribution in [1.82, 2.24) is 5.32 Å². The second-order valence-electron chi connectivity index (χ2n) is 8.58. The molecule has 0 radical (unpaired) electrons. The molecule has 7 nitrogen and oxygen atoms in total. The van der Waals surface area contributed by atoms with Gasteiger partial charge in [-0.2, -0.15) is 0 Å². The number of urea groups is 1. The van der Waals surface area contributed by atoms with E-state index in [0.717, 1.165) is 36.8 Å². The number of carbonyl (C=O) groups excluding carboxylic acids is 1. The van der Waals surface area contributed by atoms with Crippen LogP contribution in [0.25, 0.3) is 17.2 Å². The zero-order valence-corrected chi connectivity index (χ0v) is 21.8. The maximum atomic E-state index is 12.3. The van der Waals surface area contributed by atoms with E-state index in [4.69, 9.17) is 9.47 Å². The minimum atomic E-state index is -1.12. The van der Waals surface area contributed by atoms with Gasteiger partial charge in [-0.1, -0.05) is 70.2 Å². The summed E-state index contributed by atoms with van der Waals surface area (Å²) in [5.74, 6) is -0.591. The van der Waals surface area contributed by atoms with Crippen LogP contribution in [0.15, 0.2) is 48.2 Å². The molecule has 36 heavy (non-hydrogen) atoms. The molecule has 0 atom stereocenters. The van der Waals surface area contributed by atoms with Crippen LogP contribution in [-0.4, -0.2) is 36.9 Å². The van der Waals surface area contributed by atoms with Crippen LogP contribution < -0.4 is 15.4 Å². The second-order valence-corrected chi connectivity index (χ2v) is 8.58. The quantitative estimate of drug-likeness (QED) is 0.131. The minimum absolute atomic E-state index is 0.118. The Morgan fingerprint density at radius 2 is 1.72 bits per heavy atom. The van der Waals surface area contributed by atoms with Gasteiger partial charge in [-0.3, -0.25) is 0 Å². The summed E-state index contributed by atoms with van der Waals surface area (Å²) >= 11 is 0. The summed E-state index contributed by atoms with van der Waals surface area (Å²) in [7, 11) is 0. The van der Waals surface area contributed by atoms with Crippen molar-refractivity contribution >= 4 is 23.8 Å². The van der Waals surface area contributed by atoms with Gasteiger partial charge in [-0.15, -0.1) is 0 Å². The number of benzene rings is 2. The molecular weight excluding hydrogens is 456 g/mol. The van der Waals surface area contributed by atoms with Gasteiger partial charge in [0.25, 0.3) is 0 Å². The van der Waals surface area contributed by atoms with Crippen molar-refractivity contribution in [2.45, 2.75) is 65.7 Å². The molecule has 0 saturated heterocycles. The maximum absolute atomic E-state index is 12.3. The number of unbranched alkanes of at least 4 members (excludes halogenated alkanes) is 5. The molecule has 0 aliphatic rings. The Hall–Kier alpha value is -3.48. The molecule has 0 saturated carbocycles. The fraction of sp³-hybridized carbons (Fsp3) is 0.448. The van der Waals surface area contributed by atoms with Crippen LogP contribution in [0.4, 0.5) is 10.5 Å². The van der Waals surface area contributed by atoms with Crippen LogP contribution >= 0.6 is 0 Å². The lowest BCUT2D eigenvalue weighted by Crippen LogP contribution is -2.29. The van der Waals surface area contributed by atoms with Crippen molar-refractivity contribution in [3.8, 4) is 16.9 Å². The molecule has 0 bridgehead atoms. The van der Waals surface area contributed by atoms with Gasteiger partial charge in [-0.25, -0.2) is 9.59 Å². The molecule has 3 N–H and O–H groups in total. The smallest absolute Gasteiger partial charge is 0.371 e. The first-order valence-corrected chi connectivity index (χ1v) is 13.0. The monoisotopic (exact) mass is 496 g/mol. The molecule has 2 amide bonds. The fourth-order valence-electron chi connectivity index (χ4n) is 3.66. The second kappa shape index (κ2) is 16.2. The zero-order valence-electron chi connectivity index (χ0n) is 21.8. The number of amides is 2. The van der Waals surface area contributed by atoms with Gasteiger partial charge in [0.05, 0.1) is 13.2 Å². The summed E-state index contributed by atoms with van der Waals surface area (Å²) in [5.41, 5.74) is 3.10. The lowest BCUT2D eigenvalue weighted by atomic mass is 10.0. The largest absolute Gasteiger partial charge is 0.493 e. The SMILES string of the molecule is CCCCCCCNC(=O)Nc1cccc(-c2ccc(/C=C(\OCC)C(=O)O)cc2OCCCC)c1. The molecule has 0 unspecified atom stereocenters. The van der Waals surface area contributed by atoms with Crippen LogP contribution in [0.1, 0.15) is 71.3 Å². The number of anilines is 1. The Labute approximate surface area is 214 Å². The molecule has 7 heteroatoms. The highest BCUT2D eigenvalue weighted by Crippen LogP contribution is 2.33. The average molecular weight is 497 g/mol. The molecule has 2 aromatic carbocycles. The number of aliphatic carboxylic acids is 1. The van der Waals surface area contributed by atoms with Crippen molar-refractivity contribution in [3.63, 3.8) is 0 Å². The lowest BCUT2D eigenvalue weighted by Gasteiger charge is -2.14.